The molecule has 0 N–H and O–H groups in total. The number of rotatable bonds is 8. The third-order valence-corrected chi connectivity index (χ3v) is 2.24. The molecule has 100 valence electrons. The summed E-state index contributed by atoms with van der Waals surface area (Å²) in [5.41, 5.74) is -1.65. The molecule has 0 aromatic rings. The third-order valence-electron chi connectivity index (χ3n) is 2.24. The van der Waals surface area contributed by atoms with Crippen molar-refractivity contribution in [3.63, 3.8) is 0 Å². The van der Waals surface area contributed by atoms with Gasteiger partial charge in [0.15, 0.2) is 5.41 Å². The first-order valence-electron chi connectivity index (χ1n) is 5.58. The van der Waals surface area contributed by atoms with E-state index in [0.717, 1.165) is 0 Å². The number of esters is 2. The molecular weight excluding hydrogens is 238 g/mol. The van der Waals surface area contributed by atoms with Gasteiger partial charge in [0.25, 0.3) is 0 Å². The maximum atomic E-state index is 11.9. The van der Waals surface area contributed by atoms with Crippen LogP contribution in [-0.2, 0) is 23.9 Å². The number of hydrogen-bond acceptors (Lipinski definition) is 6. The SMILES string of the molecule is C=CCC(CN=C=O)(C(=O)OCC)C(=O)OCC. The lowest BCUT2D eigenvalue weighted by molar-refractivity contribution is -0.171. The summed E-state index contributed by atoms with van der Waals surface area (Å²) in [6, 6.07) is 0. The van der Waals surface area contributed by atoms with E-state index in [2.05, 4.69) is 11.6 Å². The van der Waals surface area contributed by atoms with E-state index in [1.54, 1.807) is 13.8 Å². The maximum Gasteiger partial charge on any atom is 0.325 e. The minimum atomic E-state index is -1.65. The number of allylic oxidation sites excluding steroid dienone is 1. The van der Waals surface area contributed by atoms with Crippen molar-refractivity contribution in [3.8, 4) is 0 Å². The molecule has 0 rings (SSSR count). The Hall–Kier alpha value is -1.94. The molecule has 18 heavy (non-hydrogen) atoms. The van der Waals surface area contributed by atoms with Crippen molar-refractivity contribution in [2.45, 2.75) is 20.3 Å². The van der Waals surface area contributed by atoms with E-state index >= 15 is 0 Å². The average Bonchev–Trinajstić information content (AvgIpc) is 2.35. The van der Waals surface area contributed by atoms with Crippen LogP contribution in [0.4, 0.5) is 0 Å². The van der Waals surface area contributed by atoms with E-state index in [1.807, 2.05) is 0 Å². The van der Waals surface area contributed by atoms with Gasteiger partial charge in [-0.05, 0) is 20.3 Å². The van der Waals surface area contributed by atoms with Crippen LogP contribution in [0.25, 0.3) is 0 Å². The highest BCUT2D eigenvalue weighted by Crippen LogP contribution is 2.27. The van der Waals surface area contributed by atoms with Crippen molar-refractivity contribution in [1.82, 2.24) is 0 Å². The lowest BCUT2D eigenvalue weighted by atomic mass is 9.84. The second-order valence-electron chi connectivity index (χ2n) is 3.42. The largest absolute Gasteiger partial charge is 0.465 e. The molecule has 0 atom stereocenters. The van der Waals surface area contributed by atoms with E-state index in [1.165, 1.54) is 12.2 Å². The smallest absolute Gasteiger partial charge is 0.325 e. The van der Waals surface area contributed by atoms with Crippen LogP contribution in [0.1, 0.15) is 20.3 Å². The summed E-state index contributed by atoms with van der Waals surface area (Å²) < 4.78 is 9.69. The molecule has 6 nitrogen and oxygen atoms in total. The topological polar surface area (TPSA) is 82.0 Å². The molecule has 0 radical (unpaired) electrons. The normalized spacial score (nSPS) is 10.1. The van der Waals surface area contributed by atoms with Crippen molar-refractivity contribution >= 4 is 18.0 Å². The Morgan fingerprint density at radius 2 is 1.78 bits per heavy atom. The first-order chi connectivity index (χ1) is 8.58. The monoisotopic (exact) mass is 255 g/mol. The van der Waals surface area contributed by atoms with Gasteiger partial charge >= 0.3 is 11.9 Å². The first-order valence-corrected chi connectivity index (χ1v) is 5.58. The van der Waals surface area contributed by atoms with Gasteiger partial charge in [0.2, 0.25) is 6.08 Å². The molecule has 0 bridgehead atoms. The zero-order valence-corrected chi connectivity index (χ0v) is 10.6. The average molecular weight is 255 g/mol. The highest BCUT2D eigenvalue weighted by Gasteiger charge is 2.48. The highest BCUT2D eigenvalue weighted by molar-refractivity contribution is 6.00. The zero-order chi connectivity index (χ0) is 14.0. The van der Waals surface area contributed by atoms with Crippen LogP contribution in [0, 0.1) is 5.41 Å². The van der Waals surface area contributed by atoms with Crippen LogP contribution in [-0.4, -0.2) is 37.8 Å². The van der Waals surface area contributed by atoms with Crippen LogP contribution < -0.4 is 0 Å². The summed E-state index contributed by atoms with van der Waals surface area (Å²) in [5, 5.41) is 0. The lowest BCUT2D eigenvalue weighted by Crippen LogP contribution is -2.44. The number of nitrogens with zero attached hydrogens (tertiary/aromatic N) is 1. The summed E-state index contributed by atoms with van der Waals surface area (Å²) in [6.07, 6.45) is 2.67. The van der Waals surface area contributed by atoms with Crippen LogP contribution in [0.15, 0.2) is 17.6 Å². The van der Waals surface area contributed by atoms with E-state index < -0.39 is 17.4 Å². The predicted molar refractivity (Wildman–Crippen MR) is 63.5 cm³/mol. The molecule has 0 aliphatic heterocycles. The van der Waals surface area contributed by atoms with Crippen molar-refractivity contribution in [3.05, 3.63) is 12.7 Å². The summed E-state index contributed by atoms with van der Waals surface area (Å²) in [5.74, 6) is -1.55. The molecule has 0 unspecified atom stereocenters. The van der Waals surface area contributed by atoms with Crippen LogP contribution in [0.5, 0.6) is 0 Å². The molecule has 0 spiro atoms. The Bertz CT molecular complexity index is 339. The molecule has 0 aliphatic carbocycles. The molecule has 0 fully saturated rings. The van der Waals surface area contributed by atoms with Crippen molar-refractivity contribution in [2.24, 2.45) is 10.4 Å². The summed E-state index contributed by atoms with van der Waals surface area (Å²) >= 11 is 0. The lowest BCUT2D eigenvalue weighted by Gasteiger charge is -2.25. The number of carbonyl (C=O) groups is 2. The first kappa shape index (κ1) is 16.1. The van der Waals surface area contributed by atoms with Crippen LogP contribution in [0.3, 0.4) is 0 Å². The Morgan fingerprint density at radius 1 is 1.28 bits per heavy atom. The van der Waals surface area contributed by atoms with Gasteiger partial charge in [-0.15, -0.1) is 6.58 Å². The Kier molecular flexibility index (Phi) is 7.31. The zero-order valence-electron chi connectivity index (χ0n) is 10.6. The summed E-state index contributed by atoms with van der Waals surface area (Å²) in [4.78, 5) is 37.3. The molecule has 0 heterocycles. The minimum absolute atomic E-state index is 0.0180. The second kappa shape index (κ2) is 8.20. The molecule has 0 aromatic carbocycles. The number of carbonyl (C=O) groups excluding carboxylic acids is 3. The van der Waals surface area contributed by atoms with Gasteiger partial charge in [0, 0.05) is 0 Å². The second-order valence-corrected chi connectivity index (χ2v) is 3.42. The maximum absolute atomic E-state index is 11.9. The molecule has 0 saturated carbocycles. The Morgan fingerprint density at radius 3 is 2.11 bits per heavy atom. The number of aliphatic imine (C=N–C) groups is 1. The highest BCUT2D eigenvalue weighted by atomic mass is 16.6. The third kappa shape index (κ3) is 3.82. The van der Waals surface area contributed by atoms with E-state index in [9.17, 15) is 14.4 Å². The van der Waals surface area contributed by atoms with Gasteiger partial charge in [-0.1, -0.05) is 6.08 Å². The molecule has 0 aromatic heterocycles. The van der Waals surface area contributed by atoms with E-state index in [0.29, 0.717) is 0 Å². The fourth-order valence-electron chi connectivity index (χ4n) is 1.40. The fourth-order valence-corrected chi connectivity index (χ4v) is 1.40. The fraction of sp³-hybridized carbons (Fsp3) is 0.583. The number of isocyanates is 1. The van der Waals surface area contributed by atoms with Crippen molar-refractivity contribution in [1.29, 1.82) is 0 Å². The standard InChI is InChI=1S/C12H17NO5/c1-4-7-12(8-13-9-14,10(15)17-5-2)11(16)18-6-3/h4H,1,5-8H2,2-3H3. The molecule has 0 saturated heterocycles. The molecule has 0 amide bonds. The van der Waals surface area contributed by atoms with Gasteiger partial charge in [0.05, 0.1) is 19.8 Å². The summed E-state index contributed by atoms with van der Waals surface area (Å²) in [7, 11) is 0. The quantitative estimate of drug-likeness (QED) is 0.212. The molecular formula is C12H17NO5. The molecule has 0 aliphatic rings. The minimum Gasteiger partial charge on any atom is -0.465 e. The van der Waals surface area contributed by atoms with Gasteiger partial charge in [-0.3, -0.25) is 9.59 Å². The van der Waals surface area contributed by atoms with Gasteiger partial charge in [0.1, 0.15) is 0 Å². The van der Waals surface area contributed by atoms with Crippen LogP contribution in [0.2, 0.25) is 0 Å². The Balaban J connectivity index is 5.37. The van der Waals surface area contributed by atoms with Crippen molar-refractivity contribution in [2.75, 3.05) is 19.8 Å². The van der Waals surface area contributed by atoms with Gasteiger partial charge in [-0.25, -0.2) is 9.79 Å². The Labute approximate surface area is 106 Å². The summed E-state index contributed by atoms with van der Waals surface area (Å²) in [6.45, 7) is 6.58. The van der Waals surface area contributed by atoms with E-state index in [4.69, 9.17) is 9.47 Å². The van der Waals surface area contributed by atoms with E-state index in [-0.39, 0.29) is 26.2 Å². The van der Waals surface area contributed by atoms with Gasteiger partial charge < -0.3 is 9.47 Å². The predicted octanol–water partition coefficient (Wildman–Crippen LogP) is 1.01. The molecule has 6 heteroatoms. The van der Waals surface area contributed by atoms with Crippen molar-refractivity contribution < 1.29 is 23.9 Å². The number of hydrogen-bond donors (Lipinski definition) is 0. The number of ether oxygens (including phenoxy) is 2. The van der Waals surface area contributed by atoms with Gasteiger partial charge in [-0.2, -0.15) is 0 Å². The van der Waals surface area contributed by atoms with Crippen LogP contribution >= 0.6 is 0 Å².